The third-order valence-corrected chi connectivity index (χ3v) is 3.02. The standard InChI is InChI=1S/C5H8FNO7S2/c1-2-5(8)13-3-4-14-16(11,12)7-15(6,9)10/h2,7H,1,3-4H2. The first kappa shape index (κ1) is 15.0. The van der Waals surface area contributed by atoms with Crippen LogP contribution in [0.3, 0.4) is 0 Å². The smallest absolute Gasteiger partial charge is 0.387 e. The molecule has 0 rings (SSSR count). The van der Waals surface area contributed by atoms with Crippen LogP contribution in [0.5, 0.6) is 0 Å². The minimum Gasteiger partial charge on any atom is -0.460 e. The van der Waals surface area contributed by atoms with Crippen LogP contribution in [0.4, 0.5) is 3.89 Å². The summed E-state index contributed by atoms with van der Waals surface area (Å²) in [6.07, 6.45) is 0.832. The van der Waals surface area contributed by atoms with Crippen molar-refractivity contribution < 1.29 is 34.4 Å². The van der Waals surface area contributed by atoms with Crippen LogP contribution in [0.15, 0.2) is 12.7 Å². The Bertz CT molecular complexity index is 453. The Morgan fingerprint density at radius 1 is 1.31 bits per heavy atom. The molecule has 0 atom stereocenters. The van der Waals surface area contributed by atoms with Crippen molar-refractivity contribution in [3.05, 3.63) is 12.7 Å². The van der Waals surface area contributed by atoms with Crippen molar-refractivity contribution in [2.45, 2.75) is 0 Å². The third-order valence-electron chi connectivity index (χ3n) is 0.934. The van der Waals surface area contributed by atoms with Crippen LogP contribution in [-0.4, -0.2) is 36.0 Å². The second-order valence-corrected chi connectivity index (χ2v) is 4.86. The van der Waals surface area contributed by atoms with Gasteiger partial charge in [-0.2, -0.15) is 16.8 Å². The molecule has 11 heteroatoms. The normalized spacial score (nSPS) is 12.1. The summed E-state index contributed by atoms with van der Waals surface area (Å²) in [6, 6.07) is 0. The highest BCUT2D eigenvalue weighted by atomic mass is 32.3. The number of ether oxygens (including phenoxy) is 1. The fourth-order valence-electron chi connectivity index (χ4n) is 0.491. The van der Waals surface area contributed by atoms with E-state index >= 15 is 0 Å². The molecule has 0 aliphatic rings. The average molecular weight is 277 g/mol. The van der Waals surface area contributed by atoms with Gasteiger partial charge in [0.1, 0.15) is 13.2 Å². The van der Waals surface area contributed by atoms with E-state index in [4.69, 9.17) is 0 Å². The van der Waals surface area contributed by atoms with Crippen LogP contribution < -0.4 is 4.13 Å². The lowest BCUT2D eigenvalue weighted by atomic mass is 10.6. The van der Waals surface area contributed by atoms with Crippen LogP contribution in [0.25, 0.3) is 0 Å². The molecule has 0 spiro atoms. The van der Waals surface area contributed by atoms with Gasteiger partial charge < -0.3 is 4.74 Å². The van der Waals surface area contributed by atoms with E-state index in [1.165, 1.54) is 0 Å². The molecule has 0 bridgehead atoms. The summed E-state index contributed by atoms with van der Waals surface area (Å²) < 4.78 is 61.8. The van der Waals surface area contributed by atoms with E-state index in [0.29, 0.717) is 4.13 Å². The van der Waals surface area contributed by atoms with Crippen molar-refractivity contribution >= 4 is 26.7 Å². The molecule has 8 nitrogen and oxygen atoms in total. The molecule has 0 unspecified atom stereocenters. The van der Waals surface area contributed by atoms with Gasteiger partial charge in [-0.25, -0.2) is 4.79 Å². The Kier molecular flexibility index (Phi) is 5.50. The Morgan fingerprint density at radius 3 is 2.31 bits per heavy atom. The number of hydrogen-bond donors (Lipinski definition) is 1. The van der Waals surface area contributed by atoms with Crippen molar-refractivity contribution in [1.29, 1.82) is 0 Å². The highest BCUT2D eigenvalue weighted by Gasteiger charge is 2.20. The number of rotatable bonds is 7. The zero-order valence-electron chi connectivity index (χ0n) is 7.75. The lowest BCUT2D eigenvalue weighted by molar-refractivity contribution is -0.138. The van der Waals surface area contributed by atoms with E-state index in [1.807, 2.05) is 0 Å². The summed E-state index contributed by atoms with van der Waals surface area (Å²) >= 11 is 0. The Balaban J connectivity index is 4.02. The van der Waals surface area contributed by atoms with Gasteiger partial charge in [0.25, 0.3) is 0 Å². The monoisotopic (exact) mass is 277 g/mol. The third kappa shape index (κ3) is 8.28. The van der Waals surface area contributed by atoms with Crippen molar-refractivity contribution in [2.24, 2.45) is 0 Å². The second kappa shape index (κ2) is 5.89. The van der Waals surface area contributed by atoms with Crippen LogP contribution >= 0.6 is 0 Å². The van der Waals surface area contributed by atoms with E-state index in [9.17, 15) is 25.5 Å². The minimum absolute atomic E-state index is 0.460. The number of carbonyl (C=O) groups is 1. The maximum absolute atomic E-state index is 11.9. The molecule has 0 aromatic carbocycles. The van der Waals surface area contributed by atoms with E-state index < -0.39 is 39.9 Å². The fraction of sp³-hybridized carbons (Fsp3) is 0.400. The van der Waals surface area contributed by atoms with Gasteiger partial charge in [-0.1, -0.05) is 14.6 Å². The quantitative estimate of drug-likeness (QED) is 0.268. The molecule has 1 N–H and O–H groups in total. The second-order valence-electron chi connectivity index (χ2n) is 2.17. The van der Waals surface area contributed by atoms with E-state index in [-0.39, 0.29) is 0 Å². The fourth-order valence-corrected chi connectivity index (χ4v) is 1.95. The summed E-state index contributed by atoms with van der Waals surface area (Å²) in [7, 11) is -10.2. The van der Waals surface area contributed by atoms with E-state index in [1.54, 1.807) is 0 Å². The van der Waals surface area contributed by atoms with Crippen molar-refractivity contribution in [3.8, 4) is 0 Å². The molecule has 0 saturated heterocycles. The molecule has 0 aliphatic carbocycles. The molecule has 0 saturated carbocycles. The summed E-state index contributed by atoms with van der Waals surface area (Å²) in [5, 5.41) is 0. The molecular weight excluding hydrogens is 269 g/mol. The average Bonchev–Trinajstić information content (AvgIpc) is 2.08. The summed E-state index contributed by atoms with van der Waals surface area (Å²) in [5.74, 6) is -0.813. The summed E-state index contributed by atoms with van der Waals surface area (Å²) in [4.78, 5) is 10.4. The van der Waals surface area contributed by atoms with Crippen molar-refractivity contribution in [3.63, 3.8) is 0 Å². The van der Waals surface area contributed by atoms with Gasteiger partial charge in [-0.15, -0.1) is 0 Å². The molecule has 0 aromatic heterocycles. The van der Waals surface area contributed by atoms with E-state index in [2.05, 4.69) is 15.5 Å². The minimum atomic E-state index is -5.43. The predicted octanol–water partition coefficient (Wildman–Crippen LogP) is -1.22. The van der Waals surface area contributed by atoms with Gasteiger partial charge in [0.15, 0.2) is 0 Å². The number of nitrogens with one attached hydrogen (secondary N) is 1. The number of esters is 1. The van der Waals surface area contributed by atoms with Gasteiger partial charge in [0, 0.05) is 6.08 Å². The molecule has 0 aliphatic heterocycles. The molecule has 16 heavy (non-hydrogen) atoms. The molecular formula is C5H8FNO7S2. The van der Waals surface area contributed by atoms with Crippen LogP contribution in [0, 0.1) is 0 Å². The van der Waals surface area contributed by atoms with Crippen LogP contribution in [0.1, 0.15) is 0 Å². The Morgan fingerprint density at radius 2 is 1.88 bits per heavy atom. The Labute approximate surface area is 91.6 Å². The van der Waals surface area contributed by atoms with Gasteiger partial charge >= 0.3 is 26.7 Å². The first-order valence-electron chi connectivity index (χ1n) is 3.58. The van der Waals surface area contributed by atoms with E-state index in [0.717, 1.165) is 6.08 Å². The highest BCUT2D eigenvalue weighted by Crippen LogP contribution is 1.94. The number of hydrogen-bond acceptors (Lipinski definition) is 7. The SMILES string of the molecule is C=CC(=O)OCCOS(=O)(=O)NS(=O)(=O)F. The first-order chi connectivity index (χ1) is 7.16. The van der Waals surface area contributed by atoms with Crippen LogP contribution in [0.2, 0.25) is 0 Å². The number of halogens is 1. The molecule has 0 amide bonds. The van der Waals surface area contributed by atoms with Crippen molar-refractivity contribution in [1.82, 2.24) is 4.13 Å². The predicted molar refractivity (Wildman–Crippen MR) is 49.2 cm³/mol. The van der Waals surface area contributed by atoms with Gasteiger partial charge in [0.05, 0.1) is 0 Å². The molecule has 0 heterocycles. The van der Waals surface area contributed by atoms with Crippen LogP contribution in [-0.2, 0) is 34.4 Å². The zero-order chi connectivity index (χ0) is 12.8. The lowest BCUT2D eigenvalue weighted by Gasteiger charge is -2.04. The first-order valence-corrected chi connectivity index (χ1v) is 6.37. The zero-order valence-corrected chi connectivity index (χ0v) is 9.38. The van der Waals surface area contributed by atoms with Gasteiger partial charge in [0.2, 0.25) is 0 Å². The maximum atomic E-state index is 11.9. The molecule has 0 fully saturated rings. The topological polar surface area (TPSA) is 116 Å². The summed E-state index contributed by atoms with van der Waals surface area (Å²) in [6.45, 7) is 1.94. The summed E-state index contributed by atoms with van der Waals surface area (Å²) in [5.41, 5.74) is 0. The highest BCUT2D eigenvalue weighted by molar-refractivity contribution is 8.00. The maximum Gasteiger partial charge on any atom is 0.387 e. The van der Waals surface area contributed by atoms with Gasteiger partial charge in [-0.05, 0) is 0 Å². The number of carbonyl (C=O) groups excluding carboxylic acids is 1. The van der Waals surface area contributed by atoms with Gasteiger partial charge in [-0.3, -0.25) is 4.18 Å². The molecule has 0 aromatic rings. The van der Waals surface area contributed by atoms with Crippen molar-refractivity contribution in [2.75, 3.05) is 13.2 Å². The lowest BCUT2D eigenvalue weighted by Crippen LogP contribution is -2.30. The molecule has 0 radical (unpaired) electrons. The Hall–Kier alpha value is -1.04. The molecule has 94 valence electrons. The largest absolute Gasteiger partial charge is 0.460 e.